The van der Waals surface area contributed by atoms with E-state index in [0.29, 0.717) is 110 Å². The van der Waals surface area contributed by atoms with Crippen molar-refractivity contribution in [2.45, 2.75) is 69.2 Å². The maximum absolute atomic E-state index is 12.5. The minimum Gasteiger partial charge on any atom is -0.480 e. The lowest BCUT2D eigenvalue weighted by atomic mass is 9.90. The van der Waals surface area contributed by atoms with Crippen LogP contribution in [0.1, 0.15) is 69.2 Å². The van der Waals surface area contributed by atoms with Gasteiger partial charge in [0, 0.05) is 129 Å². The highest BCUT2D eigenvalue weighted by atomic mass is 16.4. The van der Waals surface area contributed by atoms with Gasteiger partial charge in [-0.1, -0.05) is 69.2 Å². The predicted octanol–water partition coefficient (Wildman–Crippen LogP) is -4.47. The van der Waals surface area contributed by atoms with Crippen molar-refractivity contribution in [3.05, 3.63) is 0 Å². The number of carbonyl (C=O) groups excluding carboxylic acids is 14. The summed E-state index contributed by atoms with van der Waals surface area (Å²) in [5, 5.41) is 71.9. The molecule has 644 valence electrons. The van der Waals surface area contributed by atoms with Gasteiger partial charge < -0.3 is 55.6 Å². The zero-order chi connectivity index (χ0) is 88.9. The molecule has 2 heterocycles. The molecule has 0 aromatic rings. The van der Waals surface area contributed by atoms with Crippen molar-refractivity contribution < 1.29 is 146 Å². The maximum atomic E-state index is 12.5. The van der Waals surface area contributed by atoms with E-state index in [2.05, 4.69) is 54.3 Å². The second-order valence-corrected chi connectivity index (χ2v) is 28.5. The van der Waals surface area contributed by atoms with E-state index >= 15 is 0 Å². The molecule has 0 aromatic heterocycles. The molecule has 0 unspecified atom stereocenters. The van der Waals surface area contributed by atoms with E-state index < -0.39 is 58.6 Å². The summed E-state index contributed by atoms with van der Waals surface area (Å²) >= 11 is 0. The van der Waals surface area contributed by atoms with Crippen molar-refractivity contribution in [2.75, 3.05) is 252 Å². The molecule has 44 heteroatoms. The molecule has 0 saturated carbocycles. The molecular weight excluding hydrogens is 1490 g/mol. The number of hydrogen-bond donors (Lipinski definition) is 8. The smallest absolute Gasteiger partial charge is 0.373 e. The zero-order valence-electron chi connectivity index (χ0n) is 67.6. The zero-order valence-corrected chi connectivity index (χ0v) is 67.6. The first-order valence-electron chi connectivity index (χ1n) is 34.5. The van der Waals surface area contributed by atoms with E-state index in [1.807, 2.05) is 111 Å². The Bertz CT molecular complexity index is 2730. The molecule has 2 rings (SSSR count). The Morgan fingerprint density at radius 2 is 0.509 bits per heavy atom. The van der Waals surface area contributed by atoms with Crippen LogP contribution in [-0.2, 0) is 105 Å². The van der Waals surface area contributed by atoms with Crippen LogP contribution in [0.15, 0.2) is 0 Å². The normalized spacial score (nSPS) is 14.6. The van der Waals surface area contributed by atoms with Crippen LogP contribution in [0, 0.1) is 22.7 Å². The molecule has 0 atom stereocenters. The molecule has 2 aliphatic heterocycles. The highest BCUT2D eigenvalue weighted by Gasteiger charge is 2.28. The van der Waals surface area contributed by atoms with Gasteiger partial charge in [0.15, 0.2) is 11.6 Å². The Morgan fingerprint density at radius 1 is 0.295 bits per heavy atom. The summed E-state index contributed by atoms with van der Waals surface area (Å²) in [4.78, 5) is 236. The number of carboxylic acid groups (broad SMARTS) is 8. The fraction of sp³-hybridized carbons (Fsp3) is 0.765. The fourth-order valence-corrected chi connectivity index (χ4v) is 9.67. The molecule has 2 saturated heterocycles. The van der Waals surface area contributed by atoms with E-state index in [9.17, 15) is 53.1 Å². The Balaban J connectivity index is -0.000000201. The third-order valence-electron chi connectivity index (χ3n) is 14.4. The topological polar surface area (TPSA) is 583 Å². The van der Waals surface area contributed by atoms with Crippen LogP contribution in [-0.4, -0.2) is 458 Å². The monoisotopic (exact) mass is 1610 g/mol. The SMILES string of the molecule is CC(C)CN(CN(C)C)CN(CC(=O)O)CC(=O)O.CC(C)CN1CCN(C)CCN(CC(=O)O)CCN(CC(=O)O)CC1.CN(C)CN(CC(=O)C(C)(C)C)CN(CC(=O)O)CC(=O)O.CN1CCN(CC(=O)O)CCN(CC(=O)O)CCN(CC(=O)C(C)(C)C)CC1.O=C=O.O=C=O.O=C=O.O=C=O.O=C=O.O=C=O. The van der Waals surface area contributed by atoms with Gasteiger partial charge in [-0.25, -0.2) is 0 Å². The minimum atomic E-state index is -1.10. The average Bonchev–Trinajstić information content (AvgIpc) is 0.899. The van der Waals surface area contributed by atoms with Crippen molar-refractivity contribution in [1.82, 2.24) is 68.6 Å². The van der Waals surface area contributed by atoms with E-state index in [0.717, 1.165) is 45.8 Å². The standard InChI is InChI=1S/C19H36N4O5.C17H34N4O4.C14H27N3O5.C12H25N3O4.6CO2/c1-19(2,3)16(24)13-21-7-5-20(4)6-8-22(14-17(25)26)11-12-23(10-9-21)15-18(27)28;1-15(2)12-19-6-4-18(3)5-7-20(13-16(22)23)10-11-21(9-8-19)14-17(24)25;1-14(2,3)11(18)6-17(9-15(4)5)10-16(7-12(19)20)8-13(21)22;1-10(2)5-15(8-13(3)4)9-14(6-11(16)17)7-12(18)19;6*2-1-3/h5-15H2,1-4H3,(H,25,26)(H,27,28);15H,4-14H2,1-3H3,(H,22,23)(H,24,25);6-10H2,1-5H3,(H,19,20)(H,21,22);10H,5-9H2,1-4H3,(H,16,17)(H,18,19);;;;;;. The molecule has 0 aromatic carbocycles. The molecule has 44 nitrogen and oxygen atoms in total. The van der Waals surface area contributed by atoms with Gasteiger partial charge in [-0.15, -0.1) is 0 Å². The summed E-state index contributed by atoms with van der Waals surface area (Å²) in [5.74, 6) is -6.55. The number of nitrogens with zero attached hydrogens (tertiary/aromatic N) is 14. The first-order chi connectivity index (χ1) is 51.8. The molecule has 2 aliphatic rings. The summed E-state index contributed by atoms with van der Waals surface area (Å²) in [6.45, 7) is 32.9. The number of carboxylic acids is 8. The molecule has 0 amide bonds. The van der Waals surface area contributed by atoms with E-state index in [1.165, 1.54) is 9.80 Å². The molecule has 8 N–H and O–H groups in total. The van der Waals surface area contributed by atoms with Gasteiger partial charge in [0.2, 0.25) is 0 Å². The summed E-state index contributed by atoms with van der Waals surface area (Å²) < 4.78 is 0. The third-order valence-corrected chi connectivity index (χ3v) is 14.4. The highest BCUT2D eigenvalue weighted by Crippen LogP contribution is 2.17. The quantitative estimate of drug-likeness (QED) is 0.0294. The van der Waals surface area contributed by atoms with Gasteiger partial charge in [0.1, 0.15) is 0 Å². The Labute approximate surface area is 653 Å². The summed E-state index contributed by atoms with van der Waals surface area (Å²) in [5.41, 5.74) is -0.914. The lowest BCUT2D eigenvalue weighted by Gasteiger charge is -2.33. The van der Waals surface area contributed by atoms with Crippen molar-refractivity contribution in [3.63, 3.8) is 0 Å². The van der Waals surface area contributed by atoms with Crippen LogP contribution in [0.3, 0.4) is 0 Å². The van der Waals surface area contributed by atoms with Gasteiger partial charge >= 0.3 is 84.7 Å². The summed E-state index contributed by atoms with van der Waals surface area (Å²) in [7, 11) is 11.6. The van der Waals surface area contributed by atoms with Crippen molar-refractivity contribution in [3.8, 4) is 0 Å². The predicted molar refractivity (Wildman–Crippen MR) is 387 cm³/mol. The third kappa shape index (κ3) is 88.0. The average molecular weight is 1620 g/mol. The maximum Gasteiger partial charge on any atom is 0.373 e. The first-order valence-corrected chi connectivity index (χ1v) is 34.5. The van der Waals surface area contributed by atoms with Gasteiger partial charge in [-0.2, -0.15) is 57.5 Å². The number of carbonyl (C=O) groups is 10. The molecule has 0 radical (unpaired) electrons. The number of aliphatic carboxylic acids is 8. The minimum absolute atomic E-state index is 0.00364. The van der Waals surface area contributed by atoms with Crippen LogP contribution in [0.5, 0.6) is 0 Å². The lowest BCUT2D eigenvalue weighted by Crippen LogP contribution is -2.48. The van der Waals surface area contributed by atoms with E-state index in [-0.39, 0.29) is 114 Å². The summed E-state index contributed by atoms with van der Waals surface area (Å²) in [6, 6.07) is 0. The Hall–Kier alpha value is -9.18. The second-order valence-electron chi connectivity index (χ2n) is 28.5. The van der Waals surface area contributed by atoms with E-state index in [1.54, 1.807) is 4.90 Å². The number of likely N-dealkylation sites (N-methyl/N-ethyl adjacent to an activating group) is 2. The van der Waals surface area contributed by atoms with Crippen LogP contribution in [0.25, 0.3) is 0 Å². The van der Waals surface area contributed by atoms with Crippen LogP contribution >= 0.6 is 0 Å². The van der Waals surface area contributed by atoms with Crippen LogP contribution in [0.2, 0.25) is 0 Å². The number of hydrogen-bond acceptors (Lipinski definition) is 36. The lowest BCUT2D eigenvalue weighted by molar-refractivity contribution is -0.193. The van der Waals surface area contributed by atoms with Crippen LogP contribution < -0.4 is 0 Å². The molecular formula is C68H122N14O30. The van der Waals surface area contributed by atoms with Crippen molar-refractivity contribution >= 4 is 96.2 Å². The molecule has 112 heavy (non-hydrogen) atoms. The summed E-state index contributed by atoms with van der Waals surface area (Å²) in [6.07, 6.45) is 1.50. The number of ketones is 2. The largest absolute Gasteiger partial charge is 0.480 e. The number of rotatable bonds is 32. The van der Waals surface area contributed by atoms with Crippen molar-refractivity contribution in [1.29, 1.82) is 0 Å². The van der Waals surface area contributed by atoms with Gasteiger partial charge in [0.25, 0.3) is 0 Å². The Kier molecular flexibility index (Phi) is 77.6. The van der Waals surface area contributed by atoms with Gasteiger partial charge in [0.05, 0.1) is 92.1 Å². The molecule has 2 fully saturated rings. The van der Waals surface area contributed by atoms with Crippen molar-refractivity contribution in [2.24, 2.45) is 22.7 Å². The first kappa shape index (κ1) is 119. The highest BCUT2D eigenvalue weighted by molar-refractivity contribution is 5.86. The molecule has 0 bridgehead atoms. The number of Topliss-reactive ketones (excluding diaryl/α,β-unsaturated/α-hetero) is 2. The fourth-order valence-electron chi connectivity index (χ4n) is 9.67. The molecule has 0 spiro atoms. The Morgan fingerprint density at radius 3 is 0.723 bits per heavy atom. The van der Waals surface area contributed by atoms with E-state index in [4.69, 9.17) is 93.3 Å². The second kappa shape index (κ2) is 73.3. The van der Waals surface area contributed by atoms with Gasteiger partial charge in [-0.3, -0.25) is 102 Å². The molecule has 0 aliphatic carbocycles. The van der Waals surface area contributed by atoms with Crippen LogP contribution in [0.4, 0.5) is 0 Å². The van der Waals surface area contributed by atoms with Gasteiger partial charge in [-0.05, 0) is 54.1 Å².